The second-order valence-electron chi connectivity index (χ2n) is 5.41. The van der Waals surface area contributed by atoms with Gasteiger partial charge in [-0.2, -0.15) is 0 Å². The van der Waals surface area contributed by atoms with E-state index in [-0.39, 0.29) is 11.2 Å². The number of carbonyl (C=O) groups is 1. The van der Waals surface area contributed by atoms with Crippen molar-refractivity contribution in [1.82, 2.24) is 0 Å². The number of hydrogen-bond acceptors (Lipinski definition) is 3. The molecule has 98 valence electrons. The predicted molar refractivity (Wildman–Crippen MR) is 70.8 cm³/mol. The summed E-state index contributed by atoms with van der Waals surface area (Å²) in [5, 5.41) is 0. The molecule has 1 aromatic rings. The summed E-state index contributed by atoms with van der Waals surface area (Å²) in [5.74, 6) is 1.55. The van der Waals surface area contributed by atoms with Crippen LogP contribution in [0.3, 0.4) is 0 Å². The zero-order valence-corrected chi connectivity index (χ0v) is 11.5. The predicted octanol–water partition coefficient (Wildman–Crippen LogP) is 3.35. The Balaban J connectivity index is 2.71. The van der Waals surface area contributed by atoms with Crippen LogP contribution >= 0.6 is 0 Å². The average Bonchev–Trinajstić information content (AvgIpc) is 2.46. The van der Waals surface area contributed by atoms with Gasteiger partial charge in [0.1, 0.15) is 11.5 Å². The van der Waals surface area contributed by atoms with E-state index in [1.54, 1.807) is 20.3 Å². The molecule has 0 fully saturated rings. The quantitative estimate of drug-likeness (QED) is 0.753. The molecule has 0 aromatic heterocycles. The number of carbonyl (C=O) groups excluding carboxylic acids is 1. The zero-order chi connectivity index (χ0) is 13.3. The normalized spacial score (nSPS) is 17.9. The Morgan fingerprint density at radius 1 is 1.17 bits per heavy atom. The Kier molecular flexibility index (Phi) is 3.33. The summed E-state index contributed by atoms with van der Waals surface area (Å²) in [7, 11) is 3.23. The molecule has 0 bridgehead atoms. The lowest BCUT2D eigenvalue weighted by molar-refractivity contribution is 0.0979. The Morgan fingerprint density at radius 2 is 1.89 bits per heavy atom. The SMILES string of the molecule is COc1cc(OC)c2c(c1)C(C)(C)CCCC2=O. The highest BCUT2D eigenvalue weighted by atomic mass is 16.5. The van der Waals surface area contributed by atoms with Crippen LogP contribution in [0.25, 0.3) is 0 Å². The van der Waals surface area contributed by atoms with Crippen molar-refractivity contribution in [2.75, 3.05) is 14.2 Å². The van der Waals surface area contributed by atoms with Crippen LogP contribution in [0, 0.1) is 0 Å². The van der Waals surface area contributed by atoms with Crippen LogP contribution in [0.4, 0.5) is 0 Å². The van der Waals surface area contributed by atoms with Gasteiger partial charge < -0.3 is 9.47 Å². The molecule has 2 rings (SSSR count). The Bertz CT molecular complexity index is 475. The maximum atomic E-state index is 12.3. The third-order valence-corrected chi connectivity index (χ3v) is 3.74. The molecule has 0 amide bonds. The van der Waals surface area contributed by atoms with Gasteiger partial charge in [0.15, 0.2) is 5.78 Å². The molecule has 0 heterocycles. The fourth-order valence-corrected chi connectivity index (χ4v) is 2.64. The van der Waals surface area contributed by atoms with Crippen molar-refractivity contribution >= 4 is 5.78 Å². The summed E-state index contributed by atoms with van der Waals surface area (Å²) in [6, 6.07) is 3.76. The van der Waals surface area contributed by atoms with Gasteiger partial charge in [-0.25, -0.2) is 0 Å². The first kappa shape index (κ1) is 12.9. The highest BCUT2D eigenvalue weighted by Gasteiger charge is 2.32. The fraction of sp³-hybridized carbons (Fsp3) is 0.533. The van der Waals surface area contributed by atoms with E-state index in [1.165, 1.54) is 0 Å². The molecule has 0 saturated heterocycles. The first-order valence-corrected chi connectivity index (χ1v) is 6.29. The molecule has 1 aliphatic rings. The van der Waals surface area contributed by atoms with Crippen LogP contribution < -0.4 is 9.47 Å². The average molecular weight is 248 g/mol. The van der Waals surface area contributed by atoms with Crippen molar-refractivity contribution in [2.24, 2.45) is 0 Å². The maximum Gasteiger partial charge on any atom is 0.166 e. The second kappa shape index (κ2) is 4.63. The van der Waals surface area contributed by atoms with Gasteiger partial charge in [0.2, 0.25) is 0 Å². The number of methoxy groups -OCH3 is 2. The van der Waals surface area contributed by atoms with E-state index in [1.807, 2.05) is 6.07 Å². The summed E-state index contributed by atoms with van der Waals surface area (Å²) in [6.45, 7) is 4.34. The lowest BCUT2D eigenvalue weighted by Gasteiger charge is -2.26. The van der Waals surface area contributed by atoms with Crippen LogP contribution in [-0.2, 0) is 5.41 Å². The Hall–Kier alpha value is -1.51. The lowest BCUT2D eigenvalue weighted by atomic mass is 9.79. The van der Waals surface area contributed by atoms with Crippen molar-refractivity contribution in [1.29, 1.82) is 0 Å². The van der Waals surface area contributed by atoms with Crippen molar-refractivity contribution in [3.8, 4) is 11.5 Å². The number of fused-ring (bicyclic) bond motifs is 1. The largest absolute Gasteiger partial charge is 0.497 e. The van der Waals surface area contributed by atoms with Gasteiger partial charge in [-0.1, -0.05) is 13.8 Å². The second-order valence-corrected chi connectivity index (χ2v) is 5.41. The van der Waals surface area contributed by atoms with E-state index in [4.69, 9.17) is 9.47 Å². The maximum absolute atomic E-state index is 12.3. The van der Waals surface area contributed by atoms with Gasteiger partial charge in [0.25, 0.3) is 0 Å². The minimum Gasteiger partial charge on any atom is -0.497 e. The van der Waals surface area contributed by atoms with Gasteiger partial charge in [-0.05, 0) is 29.9 Å². The van der Waals surface area contributed by atoms with E-state index < -0.39 is 0 Å². The number of hydrogen-bond donors (Lipinski definition) is 0. The molecule has 0 N–H and O–H groups in total. The van der Waals surface area contributed by atoms with Crippen LogP contribution in [0.2, 0.25) is 0 Å². The topological polar surface area (TPSA) is 35.5 Å². The summed E-state index contributed by atoms with van der Waals surface area (Å²) in [5.41, 5.74) is 1.76. The minimum atomic E-state index is -0.0245. The Morgan fingerprint density at radius 3 is 2.50 bits per heavy atom. The number of rotatable bonds is 2. The summed E-state index contributed by atoms with van der Waals surface area (Å²) < 4.78 is 10.7. The molecule has 0 saturated carbocycles. The van der Waals surface area contributed by atoms with E-state index in [2.05, 4.69) is 13.8 Å². The lowest BCUT2D eigenvalue weighted by Crippen LogP contribution is -2.18. The zero-order valence-electron chi connectivity index (χ0n) is 11.5. The molecule has 3 heteroatoms. The Labute approximate surface area is 108 Å². The van der Waals surface area contributed by atoms with Gasteiger partial charge in [-0.15, -0.1) is 0 Å². The highest BCUT2D eigenvalue weighted by Crippen LogP contribution is 2.41. The van der Waals surface area contributed by atoms with Crippen LogP contribution in [0.5, 0.6) is 11.5 Å². The number of ketones is 1. The molecule has 0 spiro atoms. The molecule has 0 aliphatic heterocycles. The molecule has 1 aliphatic carbocycles. The van der Waals surface area contributed by atoms with E-state index >= 15 is 0 Å². The number of Topliss-reactive ketones (excluding diaryl/α,β-unsaturated/α-hetero) is 1. The van der Waals surface area contributed by atoms with E-state index in [0.29, 0.717) is 12.2 Å². The highest BCUT2D eigenvalue weighted by molar-refractivity contribution is 6.01. The molecule has 0 radical (unpaired) electrons. The summed E-state index contributed by atoms with van der Waals surface area (Å²) >= 11 is 0. The van der Waals surface area contributed by atoms with E-state index in [9.17, 15) is 4.79 Å². The minimum absolute atomic E-state index is 0.0245. The van der Waals surface area contributed by atoms with Crippen molar-refractivity contribution in [3.63, 3.8) is 0 Å². The fourth-order valence-electron chi connectivity index (χ4n) is 2.64. The van der Waals surface area contributed by atoms with Crippen LogP contribution in [0.1, 0.15) is 49.0 Å². The first-order valence-electron chi connectivity index (χ1n) is 6.29. The smallest absolute Gasteiger partial charge is 0.166 e. The van der Waals surface area contributed by atoms with Crippen LogP contribution in [0.15, 0.2) is 12.1 Å². The van der Waals surface area contributed by atoms with Gasteiger partial charge in [-0.3, -0.25) is 4.79 Å². The molecule has 1 aromatic carbocycles. The number of ether oxygens (including phenoxy) is 2. The molecular formula is C15H20O3. The third-order valence-electron chi connectivity index (χ3n) is 3.74. The monoisotopic (exact) mass is 248 g/mol. The summed E-state index contributed by atoms with van der Waals surface area (Å²) in [4.78, 5) is 12.3. The van der Waals surface area contributed by atoms with Gasteiger partial charge >= 0.3 is 0 Å². The number of benzene rings is 1. The van der Waals surface area contributed by atoms with Crippen molar-refractivity contribution in [3.05, 3.63) is 23.3 Å². The van der Waals surface area contributed by atoms with E-state index in [0.717, 1.165) is 29.7 Å². The molecular weight excluding hydrogens is 228 g/mol. The van der Waals surface area contributed by atoms with Gasteiger partial charge in [0, 0.05) is 12.5 Å². The first-order chi connectivity index (χ1) is 8.49. The standard InChI is InChI=1S/C15H20O3/c1-15(2)7-5-6-12(16)14-11(15)8-10(17-3)9-13(14)18-4/h8-9H,5-7H2,1-4H3. The third kappa shape index (κ3) is 2.09. The molecule has 3 nitrogen and oxygen atoms in total. The van der Waals surface area contributed by atoms with Crippen LogP contribution in [-0.4, -0.2) is 20.0 Å². The molecule has 0 atom stereocenters. The molecule has 18 heavy (non-hydrogen) atoms. The van der Waals surface area contributed by atoms with Crippen molar-refractivity contribution in [2.45, 2.75) is 38.5 Å². The van der Waals surface area contributed by atoms with Gasteiger partial charge in [0.05, 0.1) is 19.8 Å². The van der Waals surface area contributed by atoms with Crippen molar-refractivity contribution < 1.29 is 14.3 Å². The molecule has 0 unspecified atom stereocenters. The summed E-state index contributed by atoms with van der Waals surface area (Å²) in [6.07, 6.45) is 2.52.